The number of hydrogen-bond donors (Lipinski definition) is 2. The molecule has 1 amide bonds. The molecule has 0 aliphatic heterocycles. The van der Waals surface area contributed by atoms with E-state index in [0.717, 1.165) is 12.1 Å². The fraction of sp³-hybridized carbons (Fsp3) is 0.500. The lowest BCUT2D eigenvalue weighted by Crippen LogP contribution is -2.20. The van der Waals surface area contributed by atoms with E-state index in [1.807, 2.05) is 13.1 Å². The van der Waals surface area contributed by atoms with Gasteiger partial charge in [-0.25, -0.2) is 0 Å². The maximum absolute atomic E-state index is 10.6. The molecule has 0 aliphatic carbocycles. The van der Waals surface area contributed by atoms with E-state index < -0.39 is 5.91 Å². The molecule has 0 bridgehead atoms. The normalized spacial score (nSPS) is 12.8. The Bertz CT molecular complexity index is 294. The topological polar surface area (TPSA) is 86.9 Å². The van der Waals surface area contributed by atoms with Crippen LogP contribution in [-0.4, -0.2) is 15.7 Å². The zero-order chi connectivity index (χ0) is 9.84. The number of carbonyl (C=O) groups is 1. The van der Waals surface area contributed by atoms with Gasteiger partial charge in [0, 0.05) is 30.8 Å². The molecule has 72 valence electrons. The van der Waals surface area contributed by atoms with Gasteiger partial charge in [-0.1, -0.05) is 0 Å². The van der Waals surface area contributed by atoms with Crippen LogP contribution < -0.4 is 11.5 Å². The van der Waals surface area contributed by atoms with Crippen LogP contribution in [0.3, 0.4) is 0 Å². The van der Waals surface area contributed by atoms with E-state index in [1.54, 1.807) is 10.9 Å². The van der Waals surface area contributed by atoms with E-state index >= 15 is 0 Å². The van der Waals surface area contributed by atoms with Crippen molar-refractivity contribution in [1.82, 2.24) is 9.78 Å². The van der Waals surface area contributed by atoms with Gasteiger partial charge in [0.15, 0.2) is 0 Å². The smallest absolute Gasteiger partial charge is 0.219 e. The Balaban J connectivity index is 2.65. The summed E-state index contributed by atoms with van der Waals surface area (Å²) in [6.45, 7) is 2.78. The average molecular weight is 182 g/mol. The zero-order valence-corrected chi connectivity index (χ0v) is 7.60. The number of aromatic nitrogens is 2. The number of amides is 1. The minimum atomic E-state index is -0.392. The first-order valence-electron chi connectivity index (χ1n) is 4.19. The van der Waals surface area contributed by atoms with Crippen molar-refractivity contribution in [2.75, 3.05) is 0 Å². The first-order valence-corrected chi connectivity index (χ1v) is 4.19. The van der Waals surface area contributed by atoms with Crippen LogP contribution in [0.25, 0.3) is 0 Å². The number of carbonyl (C=O) groups excluding carboxylic acids is 1. The highest BCUT2D eigenvalue weighted by atomic mass is 16.1. The molecule has 0 saturated carbocycles. The van der Waals surface area contributed by atoms with Gasteiger partial charge in [0.2, 0.25) is 5.91 Å². The van der Waals surface area contributed by atoms with Crippen molar-refractivity contribution in [2.45, 2.75) is 25.9 Å². The van der Waals surface area contributed by atoms with Gasteiger partial charge >= 0.3 is 0 Å². The highest BCUT2D eigenvalue weighted by Gasteiger charge is 2.10. The summed E-state index contributed by atoms with van der Waals surface area (Å²) in [6.07, 6.45) is 3.65. The van der Waals surface area contributed by atoms with Crippen LogP contribution >= 0.6 is 0 Å². The number of rotatable bonds is 4. The first kappa shape index (κ1) is 9.73. The quantitative estimate of drug-likeness (QED) is 0.674. The Hall–Kier alpha value is -1.36. The molecule has 0 aliphatic rings. The van der Waals surface area contributed by atoms with Crippen LogP contribution in [-0.2, 0) is 11.3 Å². The molecule has 0 aromatic carbocycles. The van der Waals surface area contributed by atoms with E-state index in [9.17, 15) is 4.79 Å². The van der Waals surface area contributed by atoms with Gasteiger partial charge in [0.25, 0.3) is 0 Å². The van der Waals surface area contributed by atoms with E-state index in [0.29, 0.717) is 0 Å². The highest BCUT2D eigenvalue weighted by Crippen LogP contribution is 2.11. The molecule has 5 heteroatoms. The highest BCUT2D eigenvalue weighted by molar-refractivity contribution is 5.74. The molecule has 5 nitrogen and oxygen atoms in total. The Labute approximate surface area is 76.7 Å². The van der Waals surface area contributed by atoms with Crippen molar-refractivity contribution in [3.05, 3.63) is 18.0 Å². The lowest BCUT2D eigenvalue weighted by Gasteiger charge is -2.04. The van der Waals surface area contributed by atoms with Crippen LogP contribution in [0.15, 0.2) is 12.4 Å². The lowest BCUT2D eigenvalue weighted by molar-refractivity contribution is -0.118. The molecule has 1 aromatic rings. The molecule has 1 atom stereocenters. The average Bonchev–Trinajstić information content (AvgIpc) is 2.50. The van der Waals surface area contributed by atoms with Gasteiger partial charge in [0.05, 0.1) is 6.20 Å². The minimum absolute atomic E-state index is 0.162. The predicted molar refractivity (Wildman–Crippen MR) is 48.6 cm³/mol. The number of aryl methyl sites for hydroxylation is 1. The summed E-state index contributed by atoms with van der Waals surface area (Å²) in [4.78, 5) is 10.6. The summed E-state index contributed by atoms with van der Waals surface area (Å²) in [5.74, 6) is -0.392. The molecule has 1 rings (SSSR count). The van der Waals surface area contributed by atoms with Crippen LogP contribution in [0.4, 0.5) is 0 Å². The second-order valence-electron chi connectivity index (χ2n) is 2.91. The molecule has 0 fully saturated rings. The third-order valence-corrected chi connectivity index (χ3v) is 1.83. The van der Waals surface area contributed by atoms with E-state index in [1.165, 1.54) is 0 Å². The number of hydrogen-bond acceptors (Lipinski definition) is 3. The Kier molecular flexibility index (Phi) is 3.02. The number of nitrogens with zero attached hydrogens (tertiary/aromatic N) is 2. The van der Waals surface area contributed by atoms with Crippen LogP contribution in [0.2, 0.25) is 0 Å². The van der Waals surface area contributed by atoms with Gasteiger partial charge in [-0.05, 0) is 6.92 Å². The fourth-order valence-electron chi connectivity index (χ4n) is 1.08. The van der Waals surface area contributed by atoms with Crippen molar-refractivity contribution < 1.29 is 4.79 Å². The SMILES string of the molecule is CCn1cc([C@@H](N)CC(N)=O)cn1. The van der Waals surface area contributed by atoms with Crippen molar-refractivity contribution in [2.24, 2.45) is 11.5 Å². The molecule has 1 aromatic heterocycles. The van der Waals surface area contributed by atoms with Crippen LogP contribution in [0.5, 0.6) is 0 Å². The summed E-state index contributed by atoms with van der Waals surface area (Å²) in [7, 11) is 0. The number of nitrogens with two attached hydrogens (primary N) is 2. The molecule has 0 radical (unpaired) electrons. The fourth-order valence-corrected chi connectivity index (χ4v) is 1.08. The van der Waals surface area contributed by atoms with Gasteiger partial charge in [-0.3, -0.25) is 9.48 Å². The van der Waals surface area contributed by atoms with Crippen LogP contribution in [0.1, 0.15) is 24.9 Å². The summed E-state index contributed by atoms with van der Waals surface area (Å²) in [6, 6.07) is -0.335. The monoisotopic (exact) mass is 182 g/mol. The third-order valence-electron chi connectivity index (χ3n) is 1.83. The van der Waals surface area contributed by atoms with E-state index in [4.69, 9.17) is 11.5 Å². The molecule has 0 saturated heterocycles. The maximum Gasteiger partial charge on any atom is 0.219 e. The zero-order valence-electron chi connectivity index (χ0n) is 7.60. The third kappa shape index (κ3) is 2.55. The van der Waals surface area contributed by atoms with Gasteiger partial charge in [-0.2, -0.15) is 5.10 Å². The number of primary amides is 1. The van der Waals surface area contributed by atoms with Crippen molar-refractivity contribution in [3.8, 4) is 0 Å². The second-order valence-corrected chi connectivity index (χ2v) is 2.91. The molecule has 4 N–H and O–H groups in total. The van der Waals surface area contributed by atoms with E-state index in [-0.39, 0.29) is 12.5 Å². The molecular weight excluding hydrogens is 168 g/mol. The Morgan fingerprint density at radius 3 is 2.92 bits per heavy atom. The largest absolute Gasteiger partial charge is 0.370 e. The molecule has 13 heavy (non-hydrogen) atoms. The standard InChI is InChI=1S/C8H14N4O/c1-2-12-5-6(4-11-12)7(9)3-8(10)13/h4-5,7H,2-3,9H2,1H3,(H2,10,13)/t7-/m0/s1. The van der Waals surface area contributed by atoms with E-state index in [2.05, 4.69) is 5.10 Å². The second kappa shape index (κ2) is 4.04. The minimum Gasteiger partial charge on any atom is -0.370 e. The molecule has 1 heterocycles. The molecule has 0 spiro atoms. The van der Waals surface area contributed by atoms with Gasteiger partial charge < -0.3 is 11.5 Å². The molecule has 0 unspecified atom stereocenters. The van der Waals surface area contributed by atoms with Gasteiger partial charge in [0.1, 0.15) is 0 Å². The summed E-state index contributed by atoms with van der Waals surface area (Å²) < 4.78 is 1.76. The van der Waals surface area contributed by atoms with Crippen LogP contribution in [0, 0.1) is 0 Å². The van der Waals surface area contributed by atoms with Crippen molar-refractivity contribution >= 4 is 5.91 Å². The van der Waals surface area contributed by atoms with Crippen molar-refractivity contribution in [1.29, 1.82) is 0 Å². The summed E-state index contributed by atoms with van der Waals surface area (Å²) in [5, 5.41) is 4.05. The maximum atomic E-state index is 10.6. The Morgan fingerprint density at radius 1 is 1.77 bits per heavy atom. The van der Waals surface area contributed by atoms with Gasteiger partial charge in [-0.15, -0.1) is 0 Å². The molecular formula is C8H14N4O. The summed E-state index contributed by atoms with van der Waals surface area (Å²) in [5.41, 5.74) is 11.6. The van der Waals surface area contributed by atoms with Crippen molar-refractivity contribution in [3.63, 3.8) is 0 Å². The Morgan fingerprint density at radius 2 is 2.46 bits per heavy atom. The first-order chi connectivity index (χ1) is 6.13. The summed E-state index contributed by atoms with van der Waals surface area (Å²) >= 11 is 0. The predicted octanol–water partition coefficient (Wildman–Crippen LogP) is -0.222. The lowest BCUT2D eigenvalue weighted by atomic mass is 10.1.